The zero-order chi connectivity index (χ0) is 59.3. The van der Waals surface area contributed by atoms with Crippen molar-refractivity contribution < 1.29 is 89.5 Å². The zero-order valence-electron chi connectivity index (χ0n) is 44.7. The lowest BCUT2D eigenvalue weighted by atomic mass is 9.83. The van der Waals surface area contributed by atoms with Crippen molar-refractivity contribution in [3.05, 3.63) is 95.8 Å². The van der Waals surface area contributed by atoms with Gasteiger partial charge in [0.1, 0.15) is 17.7 Å². The number of rotatable bonds is 35. The third-order valence-electron chi connectivity index (χ3n) is 11.4. The molecular formula is C53H70F5N7O14S. The fourth-order valence-corrected chi connectivity index (χ4v) is 8.55. The molecule has 80 heavy (non-hydrogen) atoms. The van der Waals surface area contributed by atoms with E-state index in [4.69, 9.17) is 39.7 Å². The van der Waals surface area contributed by atoms with E-state index in [1.165, 1.54) is 0 Å². The number of thioether (sulfide) groups is 1. The second-order valence-corrected chi connectivity index (χ2v) is 19.8. The molecule has 0 unspecified atom stereocenters. The van der Waals surface area contributed by atoms with Crippen LogP contribution in [0.1, 0.15) is 63.8 Å². The molecule has 7 N–H and O–H groups in total. The summed E-state index contributed by atoms with van der Waals surface area (Å²) in [5, 5.41) is 24.1. The van der Waals surface area contributed by atoms with Crippen LogP contribution in [-0.2, 0) is 63.8 Å². The average Bonchev–Trinajstić information content (AvgIpc) is 3.95. The van der Waals surface area contributed by atoms with Gasteiger partial charge >= 0.3 is 18.1 Å². The van der Waals surface area contributed by atoms with Crippen molar-refractivity contribution in [2.75, 3.05) is 97.1 Å². The van der Waals surface area contributed by atoms with Gasteiger partial charge in [0.2, 0.25) is 23.6 Å². The molecule has 27 heteroatoms. The number of hydrogen-bond donors (Lipinski definition) is 6. The molecule has 0 fully saturated rings. The fraction of sp³-hybridized carbons (Fsp3) is 0.509. The van der Waals surface area contributed by atoms with Crippen LogP contribution in [-0.4, -0.2) is 181 Å². The highest BCUT2D eigenvalue weighted by Crippen LogP contribution is 2.41. The van der Waals surface area contributed by atoms with Crippen molar-refractivity contribution in [2.24, 2.45) is 11.1 Å². The Morgan fingerprint density at radius 1 is 0.762 bits per heavy atom. The summed E-state index contributed by atoms with van der Waals surface area (Å²) >= 11 is 1.12. The number of carbonyl (C=O) groups is 8. The van der Waals surface area contributed by atoms with Crippen LogP contribution in [0.25, 0.3) is 11.1 Å². The molecule has 4 rings (SSSR count). The number of carboxylic acids is 2. The first-order valence-electron chi connectivity index (χ1n) is 25.4. The van der Waals surface area contributed by atoms with Gasteiger partial charge in [-0.05, 0) is 48.2 Å². The summed E-state index contributed by atoms with van der Waals surface area (Å²) in [7, 11) is 0. The Bertz CT molecular complexity index is 2510. The van der Waals surface area contributed by atoms with Crippen molar-refractivity contribution in [1.82, 2.24) is 30.3 Å². The number of nitrogens with one attached hydrogen (secondary N) is 3. The smallest absolute Gasteiger partial charge is 0.481 e. The van der Waals surface area contributed by atoms with Crippen LogP contribution in [0.2, 0.25) is 0 Å². The lowest BCUT2D eigenvalue weighted by molar-refractivity contribution is -0.192. The van der Waals surface area contributed by atoms with Gasteiger partial charge in [0.05, 0.1) is 71.1 Å². The summed E-state index contributed by atoms with van der Waals surface area (Å²) in [6, 6.07) is 13.0. The van der Waals surface area contributed by atoms with Gasteiger partial charge in [-0.2, -0.15) is 13.2 Å². The van der Waals surface area contributed by atoms with Gasteiger partial charge < -0.3 is 60.3 Å². The van der Waals surface area contributed by atoms with E-state index in [0.717, 1.165) is 52.6 Å². The number of amides is 6. The van der Waals surface area contributed by atoms with Crippen LogP contribution < -0.4 is 21.7 Å². The van der Waals surface area contributed by atoms with Gasteiger partial charge in [-0.1, -0.05) is 51.1 Å². The molecule has 0 aliphatic carbocycles. The standard InChI is InChI=1S/C51H69F2N7O12S.C2HF3O2/c1-51(2,3)49(42-30-37(39-31-38(52)10-11-40(39)53)33-58(42)32-36-8-5-4-6-9-36)60(20-7-17-54)47(65)35-73-34-41(50(68)56-18-14-48(66)67)57-44(62)16-22-69-24-26-71-28-29-72-27-25-70-23-19-55-43(61)15-21-59-45(63)12-13-46(59)64;3-2(4,5)1(6)7/h4-6,8-13,30-31,33,41,49H,7,14-29,32,34-35,54H2,1-3H3,(H,55,61)(H,56,68)(H,57,62)(H,66,67);(H,6,7)/t41-,49-;/m0./s1. The highest BCUT2D eigenvalue weighted by molar-refractivity contribution is 8.00. The molecule has 1 aliphatic heterocycles. The number of halogens is 5. The number of carbonyl (C=O) groups excluding carboxylic acids is 6. The van der Waals surface area contributed by atoms with E-state index < -0.39 is 70.9 Å². The number of ether oxygens (including phenoxy) is 4. The summed E-state index contributed by atoms with van der Waals surface area (Å²) < 4.78 is 85.3. The van der Waals surface area contributed by atoms with Crippen LogP contribution in [0, 0.1) is 17.0 Å². The van der Waals surface area contributed by atoms with Crippen LogP contribution in [0.5, 0.6) is 0 Å². The molecular weight excluding hydrogens is 1090 g/mol. The van der Waals surface area contributed by atoms with E-state index in [2.05, 4.69) is 16.0 Å². The molecule has 6 amide bonds. The van der Waals surface area contributed by atoms with E-state index in [-0.39, 0.29) is 127 Å². The maximum Gasteiger partial charge on any atom is 0.490 e. The molecule has 2 heterocycles. The van der Waals surface area contributed by atoms with Gasteiger partial charge in [0, 0.05) is 86.5 Å². The van der Waals surface area contributed by atoms with Crippen LogP contribution in [0.4, 0.5) is 22.0 Å². The third-order valence-corrected chi connectivity index (χ3v) is 12.4. The Morgan fingerprint density at radius 2 is 1.36 bits per heavy atom. The van der Waals surface area contributed by atoms with Gasteiger partial charge in [0.15, 0.2) is 0 Å². The molecule has 442 valence electrons. The number of aromatic nitrogens is 1. The van der Waals surface area contributed by atoms with Crippen molar-refractivity contribution in [3.8, 4) is 11.1 Å². The Morgan fingerprint density at radius 3 is 1.94 bits per heavy atom. The minimum Gasteiger partial charge on any atom is -0.481 e. The van der Waals surface area contributed by atoms with Crippen molar-refractivity contribution in [1.29, 1.82) is 0 Å². The predicted molar refractivity (Wildman–Crippen MR) is 282 cm³/mol. The highest BCUT2D eigenvalue weighted by atomic mass is 32.2. The van der Waals surface area contributed by atoms with Crippen LogP contribution in [0.3, 0.4) is 0 Å². The first-order chi connectivity index (χ1) is 37.9. The molecule has 1 aliphatic rings. The highest BCUT2D eigenvalue weighted by Gasteiger charge is 2.39. The quantitative estimate of drug-likeness (QED) is 0.0275. The van der Waals surface area contributed by atoms with Crippen molar-refractivity contribution >= 4 is 59.1 Å². The predicted octanol–water partition coefficient (Wildman–Crippen LogP) is 4.08. The first-order valence-corrected chi connectivity index (χ1v) is 26.5. The maximum atomic E-state index is 15.2. The number of alkyl halides is 3. The molecule has 2 atom stereocenters. The normalized spacial score (nSPS) is 13.1. The molecule has 3 aromatic rings. The molecule has 1 aromatic heterocycles. The number of hydrogen-bond acceptors (Lipinski definition) is 14. The largest absolute Gasteiger partial charge is 0.490 e. The summed E-state index contributed by atoms with van der Waals surface area (Å²) in [5.41, 5.74) is 7.56. The van der Waals surface area contributed by atoms with Gasteiger partial charge in [-0.25, -0.2) is 13.6 Å². The second kappa shape index (κ2) is 35.1. The molecule has 21 nitrogen and oxygen atoms in total. The third kappa shape index (κ3) is 25.1. The van der Waals surface area contributed by atoms with E-state index >= 15 is 4.39 Å². The van der Waals surface area contributed by atoms with Crippen molar-refractivity contribution in [2.45, 2.75) is 71.3 Å². The Labute approximate surface area is 464 Å². The minimum absolute atomic E-state index is 0.00441. The Hall–Kier alpha value is -6.78. The van der Waals surface area contributed by atoms with Crippen LogP contribution in [0.15, 0.2) is 72.9 Å². The van der Waals surface area contributed by atoms with E-state index in [1.807, 2.05) is 55.7 Å². The summed E-state index contributed by atoms with van der Waals surface area (Å²) in [5.74, 6) is -7.77. The monoisotopic (exact) mass is 1160 g/mol. The fourth-order valence-electron chi connectivity index (χ4n) is 7.63. The topological polar surface area (TPSA) is 287 Å². The summed E-state index contributed by atoms with van der Waals surface area (Å²) in [6.45, 7) is 8.81. The second-order valence-electron chi connectivity index (χ2n) is 18.7. The molecule has 2 aromatic carbocycles. The number of nitrogens with two attached hydrogens (primary N) is 1. The SMILES string of the molecule is CC(C)(C)[C@H](c1cc(-c2cc(F)ccc2F)cn1Cc1ccccc1)N(CCCN)C(=O)CSC[C@H](NC(=O)CCOCCOCCOCCOCCNC(=O)CCN1C(=O)C=CC1=O)C(=O)NCCC(=O)O.O=C(O)C(F)(F)F. The molecule has 0 radical (unpaired) electrons. The lowest BCUT2D eigenvalue weighted by Crippen LogP contribution is -2.49. The Kier molecular flexibility index (Phi) is 29.6. The van der Waals surface area contributed by atoms with Gasteiger partial charge in [-0.15, -0.1) is 11.8 Å². The minimum atomic E-state index is -5.08. The molecule has 0 saturated heterocycles. The van der Waals surface area contributed by atoms with Gasteiger partial charge in [0.25, 0.3) is 11.8 Å². The molecule has 0 saturated carbocycles. The van der Waals surface area contributed by atoms with Crippen LogP contribution >= 0.6 is 11.8 Å². The number of carboxylic acid groups (broad SMARTS) is 2. The van der Waals surface area contributed by atoms with E-state index in [0.29, 0.717) is 30.8 Å². The first kappa shape index (κ1) is 67.5. The molecule has 0 spiro atoms. The average molecular weight is 1160 g/mol. The van der Waals surface area contributed by atoms with Gasteiger partial charge in [-0.3, -0.25) is 38.5 Å². The van der Waals surface area contributed by atoms with E-state index in [1.54, 1.807) is 17.2 Å². The lowest BCUT2D eigenvalue weighted by Gasteiger charge is -2.41. The number of nitrogens with zero attached hydrogens (tertiary/aromatic N) is 3. The van der Waals surface area contributed by atoms with E-state index in [9.17, 15) is 51.1 Å². The Balaban J connectivity index is 0.00000224. The maximum absolute atomic E-state index is 15.2. The van der Waals surface area contributed by atoms with Crippen molar-refractivity contribution in [3.63, 3.8) is 0 Å². The number of benzene rings is 2. The summed E-state index contributed by atoms with van der Waals surface area (Å²) in [6.07, 6.45) is -0.970. The number of imide groups is 1. The number of aliphatic carboxylic acids is 2. The summed E-state index contributed by atoms with van der Waals surface area (Å²) in [4.78, 5) is 98.6. The zero-order valence-corrected chi connectivity index (χ0v) is 45.6. The molecule has 0 bridgehead atoms.